The molecule has 1 saturated carbocycles. The van der Waals surface area contributed by atoms with Gasteiger partial charge in [0.1, 0.15) is 0 Å². The highest BCUT2D eigenvalue weighted by atomic mass is 16.3. The second kappa shape index (κ2) is 4.27. The van der Waals surface area contributed by atoms with Crippen LogP contribution in [-0.2, 0) is 0 Å². The Morgan fingerprint density at radius 1 is 1.31 bits per heavy atom. The smallest absolute Gasteiger partial charge is 0.0978 e. The molecule has 2 heteroatoms. The van der Waals surface area contributed by atoms with Crippen molar-refractivity contribution in [2.75, 3.05) is 0 Å². The van der Waals surface area contributed by atoms with E-state index in [0.29, 0.717) is 0 Å². The Kier molecular flexibility index (Phi) is 2.98. The first kappa shape index (κ1) is 11.2. The van der Waals surface area contributed by atoms with Crippen molar-refractivity contribution in [1.82, 2.24) is 0 Å². The van der Waals surface area contributed by atoms with Crippen LogP contribution in [0, 0.1) is 23.7 Å². The van der Waals surface area contributed by atoms with Crippen LogP contribution in [0.25, 0.3) is 0 Å². The van der Waals surface area contributed by atoms with Gasteiger partial charge in [0.25, 0.3) is 0 Å². The van der Waals surface area contributed by atoms with Gasteiger partial charge in [-0.1, -0.05) is 37.1 Å². The van der Waals surface area contributed by atoms with Gasteiger partial charge in [-0.3, -0.25) is 0 Å². The molecule has 1 N–H and O–H groups in total. The van der Waals surface area contributed by atoms with Crippen molar-refractivity contribution < 1.29 is 5.11 Å². The Labute approximate surface area is 96.5 Å². The van der Waals surface area contributed by atoms with Gasteiger partial charge in [0, 0.05) is 0 Å². The van der Waals surface area contributed by atoms with E-state index in [-0.39, 0.29) is 0 Å². The topological polar surface area (TPSA) is 44.0 Å². The van der Waals surface area contributed by atoms with Crippen molar-refractivity contribution in [3.63, 3.8) is 0 Å². The molecule has 2 rings (SSSR count). The maximum Gasteiger partial charge on any atom is 0.0978 e. The fourth-order valence-electron chi connectivity index (χ4n) is 2.64. The van der Waals surface area contributed by atoms with E-state index >= 15 is 0 Å². The van der Waals surface area contributed by atoms with Crippen molar-refractivity contribution in [2.45, 2.75) is 38.7 Å². The summed E-state index contributed by atoms with van der Waals surface area (Å²) in [6.45, 7) is 1.98. The van der Waals surface area contributed by atoms with Crippen LogP contribution in [0.3, 0.4) is 0 Å². The van der Waals surface area contributed by atoms with Crippen LogP contribution in [-0.4, -0.2) is 5.11 Å². The van der Waals surface area contributed by atoms with E-state index in [2.05, 4.69) is 6.07 Å². The first-order valence-electron chi connectivity index (χ1n) is 5.84. The molecule has 1 unspecified atom stereocenters. The first-order valence-corrected chi connectivity index (χ1v) is 5.84. The normalized spacial score (nSPS) is 20.3. The molecule has 84 valence electrons. The second-order valence-electron chi connectivity index (χ2n) is 4.73. The standard InChI is InChI=1S/C14H17NO/c1-11-6-2-3-7-12(11)13(16)14(10-15)8-4-5-9-14/h2-3,6-7,13,16H,4-5,8-9H2,1H3. The molecule has 2 nitrogen and oxygen atoms in total. The summed E-state index contributed by atoms with van der Waals surface area (Å²) in [5.41, 5.74) is 1.43. The molecule has 1 aliphatic carbocycles. The third kappa shape index (κ3) is 1.72. The third-order valence-electron chi connectivity index (χ3n) is 3.72. The molecule has 0 saturated heterocycles. The fourth-order valence-corrected chi connectivity index (χ4v) is 2.64. The summed E-state index contributed by atoms with van der Waals surface area (Å²) in [6, 6.07) is 10.1. The number of aliphatic hydroxyl groups is 1. The SMILES string of the molecule is Cc1ccccc1C(O)C1(C#N)CCCC1. The minimum absolute atomic E-state index is 0.549. The maximum absolute atomic E-state index is 10.4. The molecular weight excluding hydrogens is 198 g/mol. The third-order valence-corrected chi connectivity index (χ3v) is 3.72. The van der Waals surface area contributed by atoms with Crippen molar-refractivity contribution >= 4 is 0 Å². The van der Waals surface area contributed by atoms with Gasteiger partial charge < -0.3 is 5.11 Å². The Morgan fingerprint density at radius 3 is 2.50 bits per heavy atom. The van der Waals surface area contributed by atoms with E-state index in [1.165, 1.54) is 0 Å². The molecule has 0 amide bonds. The lowest BCUT2D eigenvalue weighted by Crippen LogP contribution is -2.24. The van der Waals surface area contributed by atoms with Crippen LogP contribution in [0.5, 0.6) is 0 Å². The van der Waals surface area contributed by atoms with Crippen LogP contribution in [0.15, 0.2) is 24.3 Å². The first-order chi connectivity index (χ1) is 7.69. The number of nitriles is 1. The number of aliphatic hydroxyl groups excluding tert-OH is 1. The monoisotopic (exact) mass is 215 g/mol. The zero-order valence-corrected chi connectivity index (χ0v) is 9.61. The molecule has 1 aromatic carbocycles. The molecule has 0 radical (unpaired) electrons. The number of nitrogens with zero attached hydrogens (tertiary/aromatic N) is 1. The molecular formula is C14H17NO. The summed E-state index contributed by atoms with van der Waals surface area (Å²) in [4.78, 5) is 0. The maximum atomic E-state index is 10.4. The van der Waals surface area contributed by atoms with Gasteiger partial charge in [0.05, 0.1) is 17.6 Å². The lowest BCUT2D eigenvalue weighted by molar-refractivity contribution is 0.0665. The quantitative estimate of drug-likeness (QED) is 0.823. The highest BCUT2D eigenvalue weighted by molar-refractivity contribution is 5.31. The summed E-state index contributed by atoms with van der Waals surface area (Å²) in [5.74, 6) is 0. The van der Waals surface area contributed by atoms with E-state index in [4.69, 9.17) is 0 Å². The van der Waals surface area contributed by atoms with Crippen LogP contribution >= 0.6 is 0 Å². The van der Waals surface area contributed by atoms with Crippen molar-refractivity contribution in [3.05, 3.63) is 35.4 Å². The number of hydrogen-bond donors (Lipinski definition) is 1. The number of benzene rings is 1. The Bertz CT molecular complexity index is 413. The number of rotatable bonds is 2. The Morgan fingerprint density at radius 2 is 1.94 bits per heavy atom. The largest absolute Gasteiger partial charge is 0.387 e. The molecule has 1 atom stereocenters. The molecule has 0 bridgehead atoms. The van der Waals surface area contributed by atoms with Crippen LogP contribution in [0.4, 0.5) is 0 Å². The molecule has 16 heavy (non-hydrogen) atoms. The summed E-state index contributed by atoms with van der Waals surface area (Å²) in [6.07, 6.45) is 3.10. The highest BCUT2D eigenvalue weighted by Crippen LogP contribution is 2.47. The molecule has 0 aromatic heterocycles. The van der Waals surface area contributed by atoms with Gasteiger partial charge in [-0.05, 0) is 30.9 Å². The molecule has 1 fully saturated rings. The van der Waals surface area contributed by atoms with Crippen LogP contribution in [0.1, 0.15) is 42.9 Å². The van der Waals surface area contributed by atoms with Crippen molar-refractivity contribution in [3.8, 4) is 6.07 Å². The fraction of sp³-hybridized carbons (Fsp3) is 0.500. The molecule has 1 aliphatic rings. The van der Waals surface area contributed by atoms with Gasteiger partial charge in [-0.2, -0.15) is 5.26 Å². The number of hydrogen-bond acceptors (Lipinski definition) is 2. The van der Waals surface area contributed by atoms with E-state index < -0.39 is 11.5 Å². The lowest BCUT2D eigenvalue weighted by Gasteiger charge is -2.28. The second-order valence-corrected chi connectivity index (χ2v) is 4.73. The van der Waals surface area contributed by atoms with Gasteiger partial charge in [-0.25, -0.2) is 0 Å². The van der Waals surface area contributed by atoms with Gasteiger partial charge in [0.15, 0.2) is 0 Å². The Balaban J connectivity index is 2.35. The van der Waals surface area contributed by atoms with Crippen LogP contribution in [0.2, 0.25) is 0 Å². The van der Waals surface area contributed by atoms with Gasteiger partial charge in [0.2, 0.25) is 0 Å². The molecule has 1 aromatic rings. The lowest BCUT2D eigenvalue weighted by atomic mass is 9.78. The molecule has 0 aliphatic heterocycles. The summed E-state index contributed by atoms with van der Waals surface area (Å²) < 4.78 is 0. The van der Waals surface area contributed by atoms with E-state index in [1.54, 1.807) is 0 Å². The average molecular weight is 215 g/mol. The summed E-state index contributed by atoms with van der Waals surface area (Å²) in [7, 11) is 0. The van der Waals surface area contributed by atoms with E-state index in [1.807, 2.05) is 31.2 Å². The predicted octanol–water partition coefficient (Wildman–Crippen LogP) is 3.11. The average Bonchev–Trinajstić information content (AvgIpc) is 2.78. The molecule has 0 spiro atoms. The van der Waals surface area contributed by atoms with Gasteiger partial charge in [-0.15, -0.1) is 0 Å². The van der Waals surface area contributed by atoms with Crippen molar-refractivity contribution in [1.29, 1.82) is 5.26 Å². The minimum atomic E-state index is -0.638. The number of aryl methyl sites for hydroxylation is 1. The summed E-state index contributed by atoms with van der Waals surface area (Å²) in [5, 5.41) is 19.8. The van der Waals surface area contributed by atoms with Gasteiger partial charge >= 0.3 is 0 Å². The highest BCUT2D eigenvalue weighted by Gasteiger charge is 2.42. The Hall–Kier alpha value is -1.33. The minimum Gasteiger partial charge on any atom is -0.387 e. The van der Waals surface area contributed by atoms with E-state index in [9.17, 15) is 10.4 Å². The zero-order valence-electron chi connectivity index (χ0n) is 9.61. The molecule has 0 heterocycles. The van der Waals surface area contributed by atoms with E-state index in [0.717, 1.165) is 36.8 Å². The van der Waals surface area contributed by atoms with Crippen molar-refractivity contribution in [2.24, 2.45) is 5.41 Å². The zero-order chi connectivity index (χ0) is 11.6. The summed E-state index contributed by atoms with van der Waals surface area (Å²) >= 11 is 0. The predicted molar refractivity (Wildman–Crippen MR) is 62.7 cm³/mol. The van der Waals surface area contributed by atoms with Crippen LogP contribution < -0.4 is 0 Å².